The highest BCUT2D eigenvalue weighted by molar-refractivity contribution is 7.13. The molecule has 0 atom stereocenters. The molecule has 30 heavy (non-hydrogen) atoms. The van der Waals surface area contributed by atoms with Gasteiger partial charge in [0.2, 0.25) is 12.7 Å². The number of amides is 1. The van der Waals surface area contributed by atoms with Gasteiger partial charge >= 0.3 is 0 Å². The van der Waals surface area contributed by atoms with Crippen LogP contribution in [0.15, 0.2) is 78.2 Å². The molecule has 3 aromatic carbocycles. The summed E-state index contributed by atoms with van der Waals surface area (Å²) < 4.78 is 10.7. The number of fused-ring (bicyclic) bond motifs is 1. The molecule has 0 radical (unpaired) electrons. The van der Waals surface area contributed by atoms with Gasteiger partial charge in [-0.05, 0) is 29.8 Å². The van der Waals surface area contributed by atoms with Crippen molar-refractivity contribution < 1.29 is 14.3 Å². The Morgan fingerprint density at radius 2 is 1.73 bits per heavy atom. The molecule has 2 heterocycles. The predicted octanol–water partition coefficient (Wildman–Crippen LogP) is 5.39. The zero-order valence-electron chi connectivity index (χ0n) is 16.0. The predicted molar refractivity (Wildman–Crippen MR) is 118 cm³/mol. The summed E-state index contributed by atoms with van der Waals surface area (Å²) >= 11 is 1.62. The average molecular weight is 414 g/mol. The third-order valence-electron chi connectivity index (χ3n) is 4.79. The zero-order chi connectivity index (χ0) is 20.3. The van der Waals surface area contributed by atoms with Gasteiger partial charge in [-0.25, -0.2) is 4.98 Å². The fourth-order valence-electron chi connectivity index (χ4n) is 3.29. The van der Waals surface area contributed by atoms with E-state index in [1.165, 1.54) is 0 Å². The molecular weight excluding hydrogens is 396 g/mol. The van der Waals surface area contributed by atoms with Crippen LogP contribution >= 0.6 is 11.3 Å². The van der Waals surface area contributed by atoms with Crippen LogP contribution in [0.2, 0.25) is 0 Å². The van der Waals surface area contributed by atoms with E-state index < -0.39 is 0 Å². The van der Waals surface area contributed by atoms with Gasteiger partial charge in [-0.2, -0.15) is 0 Å². The first-order chi connectivity index (χ1) is 14.7. The molecule has 0 unspecified atom stereocenters. The van der Waals surface area contributed by atoms with E-state index in [4.69, 9.17) is 14.5 Å². The van der Waals surface area contributed by atoms with Crippen LogP contribution in [-0.2, 0) is 11.2 Å². The number of aromatic nitrogens is 1. The Labute approximate surface area is 177 Å². The number of hydrogen-bond donors (Lipinski definition) is 1. The van der Waals surface area contributed by atoms with E-state index in [0.29, 0.717) is 11.5 Å². The van der Waals surface area contributed by atoms with Gasteiger partial charge < -0.3 is 14.8 Å². The van der Waals surface area contributed by atoms with Crippen molar-refractivity contribution in [1.82, 2.24) is 4.98 Å². The number of ether oxygens (including phenoxy) is 2. The Hall–Kier alpha value is -3.64. The Morgan fingerprint density at radius 3 is 2.57 bits per heavy atom. The van der Waals surface area contributed by atoms with E-state index in [2.05, 4.69) is 22.8 Å². The average Bonchev–Trinajstić information content (AvgIpc) is 3.44. The number of carbonyl (C=O) groups excluding carboxylic acids is 1. The highest BCUT2D eigenvalue weighted by Gasteiger charge is 2.14. The largest absolute Gasteiger partial charge is 0.454 e. The van der Waals surface area contributed by atoms with E-state index in [9.17, 15) is 4.79 Å². The lowest BCUT2D eigenvalue weighted by Gasteiger charge is -2.07. The highest BCUT2D eigenvalue weighted by Crippen LogP contribution is 2.33. The number of hydrogen-bond acceptors (Lipinski definition) is 5. The third kappa shape index (κ3) is 3.90. The van der Waals surface area contributed by atoms with E-state index in [1.54, 1.807) is 11.3 Å². The summed E-state index contributed by atoms with van der Waals surface area (Å²) in [5.41, 5.74) is 4.69. The van der Waals surface area contributed by atoms with Gasteiger partial charge in [0, 0.05) is 22.2 Å². The summed E-state index contributed by atoms with van der Waals surface area (Å²) in [7, 11) is 0. The summed E-state index contributed by atoms with van der Waals surface area (Å²) in [6.07, 6.45) is 0.269. The number of nitrogens with zero attached hydrogens (tertiary/aromatic N) is 1. The molecule has 1 amide bonds. The van der Waals surface area contributed by atoms with E-state index in [0.717, 1.165) is 33.1 Å². The van der Waals surface area contributed by atoms with Crippen LogP contribution in [0.1, 0.15) is 5.56 Å². The van der Waals surface area contributed by atoms with Gasteiger partial charge in [0.25, 0.3) is 0 Å². The number of anilines is 1. The van der Waals surface area contributed by atoms with Crippen molar-refractivity contribution in [2.75, 3.05) is 12.1 Å². The van der Waals surface area contributed by atoms with Crippen LogP contribution in [0.5, 0.6) is 11.5 Å². The summed E-state index contributed by atoms with van der Waals surface area (Å²) in [4.78, 5) is 17.1. The van der Waals surface area contributed by atoms with Gasteiger partial charge in [-0.3, -0.25) is 4.79 Å². The van der Waals surface area contributed by atoms with Crippen LogP contribution < -0.4 is 14.8 Å². The molecule has 4 aromatic rings. The molecule has 0 saturated heterocycles. The second kappa shape index (κ2) is 8.00. The van der Waals surface area contributed by atoms with E-state index in [-0.39, 0.29) is 19.1 Å². The highest BCUT2D eigenvalue weighted by atomic mass is 32.1. The molecule has 6 heteroatoms. The van der Waals surface area contributed by atoms with Crippen molar-refractivity contribution in [2.45, 2.75) is 6.42 Å². The van der Waals surface area contributed by atoms with Gasteiger partial charge in [0.15, 0.2) is 11.5 Å². The lowest BCUT2D eigenvalue weighted by Crippen LogP contribution is -2.14. The monoisotopic (exact) mass is 414 g/mol. The third-order valence-corrected chi connectivity index (χ3v) is 5.68. The van der Waals surface area contributed by atoms with Gasteiger partial charge in [-0.15, -0.1) is 11.3 Å². The first-order valence-corrected chi connectivity index (χ1v) is 10.4. The Balaban J connectivity index is 1.24. The summed E-state index contributed by atoms with van der Waals surface area (Å²) in [6, 6.07) is 23.4. The summed E-state index contributed by atoms with van der Waals surface area (Å²) in [5.74, 6) is 1.32. The second-order valence-electron chi connectivity index (χ2n) is 6.89. The lowest BCUT2D eigenvalue weighted by atomic mass is 10.1. The first kappa shape index (κ1) is 18.4. The van der Waals surface area contributed by atoms with Crippen molar-refractivity contribution in [2.24, 2.45) is 0 Å². The molecule has 0 fully saturated rings. The van der Waals surface area contributed by atoms with Crippen LogP contribution in [-0.4, -0.2) is 17.7 Å². The quantitative estimate of drug-likeness (QED) is 0.476. The standard InChI is InChI=1S/C24H18N2O3S/c27-23(13-16-6-11-21-22(12-16)29-15-28-21)25-19-9-7-17(8-10-19)20-14-30-24(26-20)18-4-2-1-3-5-18/h1-12,14H,13,15H2,(H,25,27). The Morgan fingerprint density at radius 1 is 0.933 bits per heavy atom. The molecule has 1 aromatic heterocycles. The molecule has 1 aliphatic rings. The summed E-state index contributed by atoms with van der Waals surface area (Å²) in [6.45, 7) is 0.225. The van der Waals surface area contributed by atoms with Crippen molar-refractivity contribution >= 4 is 22.9 Å². The number of carbonyl (C=O) groups is 1. The SMILES string of the molecule is O=C(Cc1ccc2c(c1)OCO2)Nc1ccc(-c2csc(-c3ccccc3)n2)cc1. The van der Waals surface area contributed by atoms with Crippen molar-refractivity contribution in [3.05, 3.63) is 83.7 Å². The molecule has 5 nitrogen and oxygen atoms in total. The number of benzene rings is 3. The van der Waals surface area contributed by atoms with Crippen LogP contribution in [0, 0.1) is 0 Å². The number of nitrogens with one attached hydrogen (secondary N) is 1. The molecule has 148 valence electrons. The fourth-order valence-corrected chi connectivity index (χ4v) is 4.12. The van der Waals surface area contributed by atoms with Crippen LogP contribution in [0.25, 0.3) is 21.8 Å². The van der Waals surface area contributed by atoms with Crippen LogP contribution in [0.4, 0.5) is 5.69 Å². The van der Waals surface area contributed by atoms with Gasteiger partial charge in [-0.1, -0.05) is 48.5 Å². The minimum absolute atomic E-state index is 0.0818. The summed E-state index contributed by atoms with van der Waals surface area (Å²) in [5, 5.41) is 5.98. The first-order valence-electron chi connectivity index (χ1n) is 9.54. The Bertz CT molecular complexity index is 1190. The molecule has 0 aliphatic carbocycles. The minimum Gasteiger partial charge on any atom is -0.454 e. The maximum Gasteiger partial charge on any atom is 0.231 e. The Kier molecular flexibility index (Phi) is 4.91. The lowest BCUT2D eigenvalue weighted by molar-refractivity contribution is -0.115. The molecule has 0 bridgehead atoms. The molecule has 1 N–H and O–H groups in total. The molecule has 0 spiro atoms. The maximum atomic E-state index is 12.4. The number of rotatable bonds is 5. The molecule has 5 rings (SSSR count). The van der Waals surface area contributed by atoms with Crippen molar-refractivity contribution in [1.29, 1.82) is 0 Å². The smallest absolute Gasteiger partial charge is 0.231 e. The minimum atomic E-state index is -0.0818. The molecule has 1 aliphatic heterocycles. The molecule has 0 saturated carbocycles. The second-order valence-corrected chi connectivity index (χ2v) is 7.75. The van der Waals surface area contributed by atoms with Crippen molar-refractivity contribution in [3.8, 4) is 33.3 Å². The zero-order valence-corrected chi connectivity index (χ0v) is 16.8. The van der Waals surface area contributed by atoms with Gasteiger partial charge in [0.05, 0.1) is 12.1 Å². The van der Waals surface area contributed by atoms with E-state index in [1.807, 2.05) is 60.7 Å². The van der Waals surface area contributed by atoms with Gasteiger partial charge in [0.1, 0.15) is 5.01 Å². The van der Waals surface area contributed by atoms with Crippen molar-refractivity contribution in [3.63, 3.8) is 0 Å². The fraction of sp³-hybridized carbons (Fsp3) is 0.0833. The van der Waals surface area contributed by atoms with E-state index >= 15 is 0 Å². The number of thiazole rings is 1. The normalized spacial score (nSPS) is 12.0. The van der Waals surface area contributed by atoms with Crippen LogP contribution in [0.3, 0.4) is 0 Å². The topological polar surface area (TPSA) is 60.5 Å². The maximum absolute atomic E-state index is 12.4. The molecular formula is C24H18N2O3S.